The average Bonchev–Trinajstić information content (AvgIpc) is 2.47. The summed E-state index contributed by atoms with van der Waals surface area (Å²) in [5.74, 6) is 0.141. The second-order valence-corrected chi connectivity index (χ2v) is 4.92. The van der Waals surface area contributed by atoms with E-state index in [1.165, 1.54) is 19.3 Å². The molecule has 0 aromatic carbocycles. The lowest BCUT2D eigenvalue weighted by atomic mass is 9.82. The molecule has 1 N–H and O–H groups in total. The van der Waals surface area contributed by atoms with E-state index in [1.54, 1.807) is 0 Å². The monoisotopic (exact) mass is 197 g/mol. The number of aliphatic hydroxyl groups is 1. The predicted molar refractivity (Wildman–Crippen MR) is 53.8 cm³/mol. The van der Waals surface area contributed by atoms with Crippen LogP contribution in [0.4, 0.5) is 0 Å². The van der Waals surface area contributed by atoms with Crippen molar-refractivity contribution in [3.8, 4) is 0 Å². The normalized spacial score (nSPS) is 32.3. The van der Waals surface area contributed by atoms with Crippen molar-refractivity contribution >= 4 is 5.91 Å². The van der Waals surface area contributed by atoms with E-state index in [0.717, 1.165) is 12.8 Å². The smallest absolute Gasteiger partial charge is 0.225 e. The molecule has 1 amide bonds. The van der Waals surface area contributed by atoms with Crippen LogP contribution in [-0.2, 0) is 4.79 Å². The molecule has 80 valence electrons. The van der Waals surface area contributed by atoms with Gasteiger partial charge < -0.3 is 10.0 Å². The van der Waals surface area contributed by atoms with Gasteiger partial charge in [-0.15, -0.1) is 0 Å². The van der Waals surface area contributed by atoms with E-state index in [1.807, 2.05) is 4.90 Å². The highest BCUT2D eigenvalue weighted by Gasteiger charge is 2.41. The van der Waals surface area contributed by atoms with Gasteiger partial charge in [0.1, 0.15) is 0 Å². The van der Waals surface area contributed by atoms with Gasteiger partial charge in [0, 0.05) is 12.1 Å². The number of likely N-dealkylation sites (tertiary alicyclic amines) is 1. The third-order valence-electron chi connectivity index (χ3n) is 3.69. The van der Waals surface area contributed by atoms with Crippen LogP contribution in [0.15, 0.2) is 0 Å². The van der Waals surface area contributed by atoms with Crippen LogP contribution in [0.25, 0.3) is 0 Å². The summed E-state index contributed by atoms with van der Waals surface area (Å²) in [5.41, 5.74) is 0.0345. The van der Waals surface area contributed by atoms with Crippen molar-refractivity contribution < 1.29 is 9.90 Å². The first-order valence-electron chi connectivity index (χ1n) is 5.60. The molecule has 0 radical (unpaired) electrons. The Hall–Kier alpha value is -0.570. The van der Waals surface area contributed by atoms with Gasteiger partial charge in [-0.1, -0.05) is 19.3 Å². The zero-order valence-corrected chi connectivity index (χ0v) is 8.83. The highest BCUT2D eigenvalue weighted by molar-refractivity contribution is 5.79. The number of rotatable bonds is 1. The molecule has 1 atom stereocenters. The quantitative estimate of drug-likeness (QED) is 0.688. The Labute approximate surface area is 85.1 Å². The Bertz CT molecular complexity index is 233. The van der Waals surface area contributed by atoms with Crippen LogP contribution in [-0.4, -0.2) is 34.1 Å². The van der Waals surface area contributed by atoms with Crippen molar-refractivity contribution in [2.75, 3.05) is 6.54 Å². The van der Waals surface area contributed by atoms with Gasteiger partial charge in [0.25, 0.3) is 0 Å². The van der Waals surface area contributed by atoms with Gasteiger partial charge >= 0.3 is 0 Å². The van der Waals surface area contributed by atoms with Gasteiger partial charge in [0.2, 0.25) is 5.91 Å². The van der Waals surface area contributed by atoms with E-state index >= 15 is 0 Å². The molecule has 0 aromatic heterocycles. The molecule has 0 unspecified atom stereocenters. The molecule has 0 bridgehead atoms. The van der Waals surface area contributed by atoms with Crippen molar-refractivity contribution in [1.82, 2.24) is 4.90 Å². The van der Waals surface area contributed by atoms with Crippen molar-refractivity contribution in [1.29, 1.82) is 0 Å². The van der Waals surface area contributed by atoms with Crippen molar-refractivity contribution in [3.05, 3.63) is 0 Å². The standard InChI is InChI=1S/C11H19NO2/c1-11(5-3-2-4-6-11)12-8-9(13)7-10(12)14/h9,13H,2-8H2,1H3/t9-/m0/s1. The molecule has 14 heavy (non-hydrogen) atoms. The largest absolute Gasteiger partial charge is 0.391 e. The van der Waals surface area contributed by atoms with E-state index in [-0.39, 0.29) is 11.4 Å². The third-order valence-corrected chi connectivity index (χ3v) is 3.69. The van der Waals surface area contributed by atoms with E-state index < -0.39 is 6.10 Å². The predicted octanol–water partition coefficient (Wildman–Crippen LogP) is 1.30. The summed E-state index contributed by atoms with van der Waals surface area (Å²) in [4.78, 5) is 13.6. The SMILES string of the molecule is CC1(N2C[C@@H](O)CC2=O)CCCCC1. The molecule has 0 spiro atoms. The lowest BCUT2D eigenvalue weighted by Gasteiger charge is -2.41. The fourth-order valence-electron chi connectivity index (χ4n) is 2.79. The molecular formula is C11H19NO2. The molecule has 2 aliphatic rings. The summed E-state index contributed by atoms with van der Waals surface area (Å²) < 4.78 is 0. The topological polar surface area (TPSA) is 40.5 Å². The highest BCUT2D eigenvalue weighted by Crippen LogP contribution is 2.35. The summed E-state index contributed by atoms with van der Waals surface area (Å²) in [5, 5.41) is 9.45. The molecule has 3 nitrogen and oxygen atoms in total. The molecule has 3 heteroatoms. The Balaban J connectivity index is 2.09. The Morgan fingerprint density at radius 3 is 2.50 bits per heavy atom. The Morgan fingerprint density at radius 1 is 1.36 bits per heavy atom. The van der Waals surface area contributed by atoms with Gasteiger partial charge in [-0.2, -0.15) is 0 Å². The average molecular weight is 197 g/mol. The van der Waals surface area contributed by atoms with Crippen LogP contribution in [0.5, 0.6) is 0 Å². The van der Waals surface area contributed by atoms with E-state index in [2.05, 4.69) is 6.92 Å². The molecule has 1 aliphatic heterocycles. The van der Waals surface area contributed by atoms with Gasteiger partial charge in [-0.05, 0) is 19.8 Å². The van der Waals surface area contributed by atoms with Crippen molar-refractivity contribution in [3.63, 3.8) is 0 Å². The Kier molecular flexibility index (Phi) is 2.52. The van der Waals surface area contributed by atoms with E-state index in [4.69, 9.17) is 0 Å². The van der Waals surface area contributed by atoms with Gasteiger partial charge in [0.15, 0.2) is 0 Å². The number of nitrogens with zero attached hydrogens (tertiary/aromatic N) is 1. The number of β-amino-alcohol motifs (C(OH)–C–C–N with tert-alkyl or cyclic N) is 1. The minimum absolute atomic E-state index is 0.0345. The first-order valence-corrected chi connectivity index (χ1v) is 5.60. The van der Waals surface area contributed by atoms with Gasteiger partial charge in [-0.25, -0.2) is 0 Å². The maximum atomic E-state index is 11.7. The summed E-state index contributed by atoms with van der Waals surface area (Å²) in [6.45, 7) is 2.72. The van der Waals surface area contributed by atoms with Gasteiger partial charge in [0.05, 0.1) is 12.5 Å². The molecule has 1 heterocycles. The van der Waals surface area contributed by atoms with E-state index in [9.17, 15) is 9.90 Å². The number of carbonyl (C=O) groups excluding carboxylic acids is 1. The first kappa shape index (κ1) is 9.97. The zero-order valence-electron chi connectivity index (χ0n) is 8.83. The lowest BCUT2D eigenvalue weighted by Crippen LogP contribution is -2.48. The second kappa shape index (κ2) is 3.54. The molecule has 1 saturated carbocycles. The third kappa shape index (κ3) is 1.65. The summed E-state index contributed by atoms with van der Waals surface area (Å²) in [6, 6.07) is 0. The minimum Gasteiger partial charge on any atom is -0.391 e. The molecule has 1 aliphatic carbocycles. The lowest BCUT2D eigenvalue weighted by molar-refractivity contribution is -0.133. The fourth-order valence-corrected chi connectivity index (χ4v) is 2.79. The summed E-state index contributed by atoms with van der Waals surface area (Å²) in [6.07, 6.45) is 5.83. The minimum atomic E-state index is -0.429. The van der Waals surface area contributed by atoms with Crippen LogP contribution in [0.3, 0.4) is 0 Å². The van der Waals surface area contributed by atoms with Crippen LogP contribution < -0.4 is 0 Å². The number of hydrogen-bond donors (Lipinski definition) is 1. The first-order chi connectivity index (χ1) is 6.62. The zero-order chi connectivity index (χ0) is 10.2. The maximum absolute atomic E-state index is 11.7. The second-order valence-electron chi connectivity index (χ2n) is 4.92. The fraction of sp³-hybridized carbons (Fsp3) is 0.909. The number of amides is 1. The molecule has 2 fully saturated rings. The number of carbonyl (C=O) groups is 1. The molecule has 0 aromatic rings. The Morgan fingerprint density at radius 2 is 2.00 bits per heavy atom. The highest BCUT2D eigenvalue weighted by atomic mass is 16.3. The van der Waals surface area contributed by atoms with E-state index in [0.29, 0.717) is 13.0 Å². The molecular weight excluding hydrogens is 178 g/mol. The summed E-state index contributed by atoms with van der Waals surface area (Å²) in [7, 11) is 0. The van der Waals surface area contributed by atoms with Crippen LogP contribution in [0.2, 0.25) is 0 Å². The van der Waals surface area contributed by atoms with Crippen LogP contribution in [0, 0.1) is 0 Å². The number of aliphatic hydroxyl groups excluding tert-OH is 1. The maximum Gasteiger partial charge on any atom is 0.225 e. The summed E-state index contributed by atoms with van der Waals surface area (Å²) >= 11 is 0. The van der Waals surface area contributed by atoms with Crippen LogP contribution >= 0.6 is 0 Å². The van der Waals surface area contributed by atoms with Crippen LogP contribution in [0.1, 0.15) is 45.4 Å². The van der Waals surface area contributed by atoms with Crippen molar-refractivity contribution in [2.45, 2.75) is 57.1 Å². The number of hydrogen-bond acceptors (Lipinski definition) is 2. The van der Waals surface area contributed by atoms with Crippen molar-refractivity contribution in [2.24, 2.45) is 0 Å². The van der Waals surface area contributed by atoms with Gasteiger partial charge in [-0.3, -0.25) is 4.79 Å². The molecule has 1 saturated heterocycles. The molecule has 2 rings (SSSR count).